The molecule has 2 aromatic heterocycles. The van der Waals surface area contributed by atoms with Crippen molar-refractivity contribution in [2.45, 2.75) is 31.5 Å². The summed E-state index contributed by atoms with van der Waals surface area (Å²) in [5.41, 5.74) is 1.87. The molecule has 0 bridgehead atoms. The summed E-state index contributed by atoms with van der Waals surface area (Å²) in [5, 5.41) is 16.7. The lowest BCUT2D eigenvalue weighted by atomic mass is 10.1. The van der Waals surface area contributed by atoms with Crippen LogP contribution < -0.4 is 5.32 Å². The molecular formula is C24H24N4OS2. The molecule has 7 heteroatoms. The van der Waals surface area contributed by atoms with E-state index in [1.807, 2.05) is 53.1 Å². The number of thioether (sulfide) groups is 1. The van der Waals surface area contributed by atoms with Gasteiger partial charge in [-0.25, -0.2) is 0 Å². The number of anilines is 1. The van der Waals surface area contributed by atoms with Crippen molar-refractivity contribution in [3.05, 3.63) is 71.4 Å². The highest BCUT2D eigenvalue weighted by Crippen LogP contribution is 2.31. The smallest absolute Gasteiger partial charge is 0.234 e. The normalized spacial score (nSPS) is 11.2. The second-order valence-electron chi connectivity index (χ2n) is 7.46. The van der Waals surface area contributed by atoms with Crippen LogP contribution in [0.2, 0.25) is 0 Å². The van der Waals surface area contributed by atoms with Crippen molar-refractivity contribution < 1.29 is 4.79 Å². The predicted molar refractivity (Wildman–Crippen MR) is 131 cm³/mol. The molecule has 0 fully saturated rings. The number of thiophene rings is 1. The fourth-order valence-electron chi connectivity index (χ4n) is 3.33. The van der Waals surface area contributed by atoms with Crippen LogP contribution in [0.5, 0.6) is 0 Å². The summed E-state index contributed by atoms with van der Waals surface area (Å²) in [6, 6.07) is 16.1. The van der Waals surface area contributed by atoms with E-state index < -0.39 is 0 Å². The molecule has 1 N–H and O–H groups in total. The van der Waals surface area contributed by atoms with E-state index in [0.717, 1.165) is 27.8 Å². The third kappa shape index (κ3) is 4.73. The molecule has 0 aliphatic rings. The summed E-state index contributed by atoms with van der Waals surface area (Å²) in [4.78, 5) is 14.0. The largest absolute Gasteiger partial charge is 0.325 e. The summed E-state index contributed by atoms with van der Waals surface area (Å²) in [6.45, 7) is 8.81. The quantitative estimate of drug-likeness (QED) is 0.257. The number of hydrogen-bond acceptors (Lipinski definition) is 5. The number of nitrogens with one attached hydrogen (secondary N) is 1. The molecule has 2 aromatic carbocycles. The van der Waals surface area contributed by atoms with E-state index >= 15 is 0 Å². The highest BCUT2D eigenvalue weighted by Gasteiger charge is 2.17. The van der Waals surface area contributed by atoms with Crippen LogP contribution in [0, 0.1) is 0 Å². The highest BCUT2D eigenvalue weighted by molar-refractivity contribution is 7.99. The molecule has 0 spiro atoms. The van der Waals surface area contributed by atoms with E-state index in [1.54, 1.807) is 11.3 Å². The first-order valence-corrected chi connectivity index (χ1v) is 12.0. The third-order valence-electron chi connectivity index (χ3n) is 4.87. The first kappa shape index (κ1) is 21.3. The zero-order chi connectivity index (χ0) is 21.8. The van der Waals surface area contributed by atoms with Crippen LogP contribution in [0.15, 0.2) is 71.7 Å². The van der Waals surface area contributed by atoms with Crippen LogP contribution in [0.25, 0.3) is 22.2 Å². The number of benzene rings is 2. The molecule has 0 aliphatic carbocycles. The highest BCUT2D eigenvalue weighted by atomic mass is 32.2. The molecule has 2 heterocycles. The Labute approximate surface area is 190 Å². The maximum atomic E-state index is 12.6. The van der Waals surface area contributed by atoms with Crippen molar-refractivity contribution in [2.75, 3.05) is 11.1 Å². The average Bonchev–Trinajstić information content (AvgIpc) is 3.40. The number of aromatic nitrogens is 3. The number of carbonyl (C=O) groups is 1. The van der Waals surface area contributed by atoms with Gasteiger partial charge in [0.05, 0.1) is 5.75 Å². The molecule has 0 aliphatic heterocycles. The van der Waals surface area contributed by atoms with Crippen LogP contribution in [-0.4, -0.2) is 26.4 Å². The summed E-state index contributed by atoms with van der Waals surface area (Å²) in [6.07, 6.45) is 1.82. The molecule has 5 nitrogen and oxygen atoms in total. The number of amides is 1. The third-order valence-corrected chi connectivity index (χ3v) is 7.07. The number of hydrogen-bond donors (Lipinski definition) is 1. The fourth-order valence-corrected chi connectivity index (χ4v) is 4.98. The molecule has 0 saturated carbocycles. The molecule has 1 amide bonds. The van der Waals surface area contributed by atoms with Crippen LogP contribution in [-0.2, 0) is 11.3 Å². The molecule has 0 unspecified atom stereocenters. The van der Waals surface area contributed by atoms with Gasteiger partial charge >= 0.3 is 0 Å². The van der Waals surface area contributed by atoms with Gasteiger partial charge in [0.15, 0.2) is 11.0 Å². The van der Waals surface area contributed by atoms with Gasteiger partial charge in [-0.3, -0.25) is 9.36 Å². The molecule has 0 radical (unpaired) electrons. The Balaban J connectivity index is 1.49. The monoisotopic (exact) mass is 448 g/mol. The Morgan fingerprint density at radius 1 is 1.23 bits per heavy atom. The molecule has 158 valence electrons. The Morgan fingerprint density at radius 3 is 2.81 bits per heavy atom. The fraction of sp³-hybridized carbons (Fsp3) is 0.208. The molecule has 0 atom stereocenters. The maximum Gasteiger partial charge on any atom is 0.234 e. The van der Waals surface area contributed by atoms with Gasteiger partial charge in [-0.1, -0.05) is 68.1 Å². The number of fused-ring (bicyclic) bond motifs is 1. The van der Waals surface area contributed by atoms with E-state index in [-0.39, 0.29) is 11.7 Å². The molecule has 0 saturated heterocycles. The van der Waals surface area contributed by atoms with Crippen LogP contribution in [0.1, 0.15) is 24.6 Å². The topological polar surface area (TPSA) is 59.8 Å². The van der Waals surface area contributed by atoms with Crippen LogP contribution in [0.4, 0.5) is 5.69 Å². The summed E-state index contributed by atoms with van der Waals surface area (Å²) < 4.78 is 2.01. The molecule has 31 heavy (non-hydrogen) atoms. The zero-order valence-corrected chi connectivity index (χ0v) is 19.2. The Bertz CT molecular complexity index is 1220. The standard InChI is InChI=1S/C24H24N4OS2/c1-4-12-28-23(18-13-21(16(2)3)30-14-18)26-27-24(28)31-15-22(29)25-20-11-7-9-17-8-5-6-10-19(17)20/h4-11,13-14,16H,1,12,15H2,2-3H3,(H,25,29). The van der Waals surface area contributed by atoms with Crippen molar-refractivity contribution in [3.8, 4) is 11.4 Å². The second kappa shape index (κ2) is 9.49. The number of nitrogens with zero attached hydrogens (tertiary/aromatic N) is 3. The van der Waals surface area contributed by atoms with Gasteiger partial charge in [0.2, 0.25) is 5.91 Å². The minimum absolute atomic E-state index is 0.0753. The van der Waals surface area contributed by atoms with Gasteiger partial charge in [-0.2, -0.15) is 0 Å². The van der Waals surface area contributed by atoms with Crippen LogP contribution in [0.3, 0.4) is 0 Å². The van der Waals surface area contributed by atoms with Gasteiger partial charge in [0, 0.05) is 33.4 Å². The molecule has 4 rings (SSSR count). The van der Waals surface area contributed by atoms with Crippen molar-refractivity contribution in [3.63, 3.8) is 0 Å². The minimum atomic E-state index is -0.0753. The Kier molecular flexibility index (Phi) is 6.53. The maximum absolute atomic E-state index is 12.6. The average molecular weight is 449 g/mol. The van der Waals surface area contributed by atoms with E-state index in [4.69, 9.17) is 0 Å². The van der Waals surface area contributed by atoms with E-state index in [1.165, 1.54) is 16.6 Å². The lowest BCUT2D eigenvalue weighted by Crippen LogP contribution is -2.15. The summed E-state index contributed by atoms with van der Waals surface area (Å²) in [5.74, 6) is 1.45. The lowest BCUT2D eigenvalue weighted by Gasteiger charge is -2.09. The SMILES string of the molecule is C=CCn1c(SCC(=O)Nc2cccc3ccccc23)nnc1-c1csc(C(C)C)c1. The first-order chi connectivity index (χ1) is 15.1. The summed E-state index contributed by atoms with van der Waals surface area (Å²) >= 11 is 3.11. The summed E-state index contributed by atoms with van der Waals surface area (Å²) in [7, 11) is 0. The van der Waals surface area contributed by atoms with Crippen molar-refractivity contribution in [1.29, 1.82) is 0 Å². The van der Waals surface area contributed by atoms with Gasteiger partial charge < -0.3 is 5.32 Å². The molecular weight excluding hydrogens is 424 g/mol. The predicted octanol–water partition coefficient (Wildman–Crippen LogP) is 6.20. The minimum Gasteiger partial charge on any atom is -0.325 e. The molecule has 4 aromatic rings. The van der Waals surface area contributed by atoms with Crippen LogP contribution >= 0.6 is 23.1 Å². The lowest BCUT2D eigenvalue weighted by molar-refractivity contribution is -0.113. The Hall–Kier alpha value is -2.90. The number of carbonyl (C=O) groups excluding carboxylic acids is 1. The zero-order valence-electron chi connectivity index (χ0n) is 17.5. The van der Waals surface area contributed by atoms with Gasteiger partial charge in [0.1, 0.15) is 0 Å². The van der Waals surface area contributed by atoms with Gasteiger partial charge in [-0.05, 0) is 23.4 Å². The van der Waals surface area contributed by atoms with Crippen molar-refractivity contribution >= 4 is 45.5 Å². The van der Waals surface area contributed by atoms with E-state index in [2.05, 4.69) is 47.4 Å². The first-order valence-electron chi connectivity index (χ1n) is 10.1. The number of rotatable bonds is 8. The van der Waals surface area contributed by atoms with Crippen molar-refractivity contribution in [1.82, 2.24) is 14.8 Å². The van der Waals surface area contributed by atoms with Gasteiger partial charge in [0.25, 0.3) is 0 Å². The Morgan fingerprint density at radius 2 is 2.03 bits per heavy atom. The van der Waals surface area contributed by atoms with E-state index in [0.29, 0.717) is 17.6 Å². The number of allylic oxidation sites excluding steroid dienone is 1. The van der Waals surface area contributed by atoms with Crippen molar-refractivity contribution in [2.24, 2.45) is 0 Å². The van der Waals surface area contributed by atoms with Gasteiger partial charge in [-0.15, -0.1) is 28.1 Å². The second-order valence-corrected chi connectivity index (χ2v) is 9.35. The van der Waals surface area contributed by atoms with E-state index in [9.17, 15) is 4.79 Å².